The van der Waals surface area contributed by atoms with E-state index in [4.69, 9.17) is 40.9 Å². The fourth-order valence-corrected chi connectivity index (χ4v) is 9.51. The average Bonchev–Trinajstić information content (AvgIpc) is 2.03. The Labute approximate surface area is 514 Å². The number of aliphatic carboxylic acids is 1. The number of terminal acetylenes is 1. The second-order valence-electron chi connectivity index (χ2n) is 20.0. The van der Waals surface area contributed by atoms with E-state index in [0.29, 0.717) is 93.8 Å². The Morgan fingerprint density at radius 1 is 0.742 bits per heavy atom. The van der Waals surface area contributed by atoms with Gasteiger partial charge in [0.15, 0.2) is 23.2 Å². The fraction of sp³-hybridized carbons (Fsp3) is 0.554. The molecule has 5 unspecified atom stereocenters. The second kappa shape index (κ2) is 36.6. The van der Waals surface area contributed by atoms with Crippen LogP contribution in [0.2, 0.25) is 0 Å². The van der Waals surface area contributed by atoms with E-state index in [9.17, 15) is 52.2 Å². The number of aromatic nitrogens is 4. The van der Waals surface area contributed by atoms with E-state index in [-0.39, 0.29) is 112 Å². The molecule has 484 valence electrons. The highest BCUT2D eigenvalue weighted by Crippen LogP contribution is 2.52. The first-order chi connectivity index (χ1) is 42.9. The molecule has 29 nitrogen and oxygen atoms in total. The van der Waals surface area contributed by atoms with Crippen LogP contribution in [-0.2, 0) is 53.3 Å². The molecule has 2 aromatic carbocycles. The summed E-state index contributed by atoms with van der Waals surface area (Å²) in [5.41, 5.74) is 4.25. The number of ether oxygens (including phenoxy) is 5. The molecule has 4 heterocycles. The van der Waals surface area contributed by atoms with Crippen LogP contribution >= 0.6 is 11.8 Å². The number of hydrogen-bond acceptors (Lipinski definition) is 23. The Hall–Kier alpha value is -7.81. The maximum atomic E-state index is 13.6. The number of anilines is 1. The lowest BCUT2D eigenvalue weighted by atomic mass is 10.0. The zero-order valence-corrected chi connectivity index (χ0v) is 49.4. The van der Waals surface area contributed by atoms with Crippen LogP contribution in [-0.4, -0.2) is 204 Å². The number of rotatable bonds is 42. The van der Waals surface area contributed by atoms with Crippen LogP contribution in [0.1, 0.15) is 73.5 Å². The van der Waals surface area contributed by atoms with E-state index in [1.54, 1.807) is 0 Å². The predicted octanol–water partition coefficient (Wildman–Crippen LogP) is 2.68. The Morgan fingerprint density at radius 3 is 1.99 bits per heavy atom. The van der Waals surface area contributed by atoms with Crippen LogP contribution in [0.25, 0.3) is 11.2 Å². The molecule has 1 fully saturated rings. The molecule has 0 spiro atoms. The first-order valence-electron chi connectivity index (χ1n) is 28.7. The zero-order valence-electron chi connectivity index (χ0n) is 48.6. The van der Waals surface area contributed by atoms with E-state index in [2.05, 4.69) is 73.2 Å². The summed E-state index contributed by atoms with van der Waals surface area (Å²) >= 11 is 1.34. The second-order valence-corrected chi connectivity index (χ2v) is 21.2. The molecule has 33 heteroatoms. The number of benzene rings is 2. The normalized spacial score (nSPS) is 17.4. The summed E-state index contributed by atoms with van der Waals surface area (Å²) in [6.45, 7) is 3.47. The van der Waals surface area contributed by atoms with Gasteiger partial charge in [0.25, 0.3) is 5.91 Å². The summed E-state index contributed by atoms with van der Waals surface area (Å²) in [6.07, 6.45) is 0.673. The number of carboxylic acid groups (broad SMARTS) is 1. The lowest BCUT2D eigenvalue weighted by Crippen LogP contribution is -2.48. The monoisotopic (exact) mass is 1270 g/mol. The van der Waals surface area contributed by atoms with Gasteiger partial charge in [-0.25, -0.2) is 15.0 Å². The molecule has 0 radical (unpaired) electrons. The van der Waals surface area contributed by atoms with Gasteiger partial charge in [-0.1, -0.05) is 12.1 Å². The number of nitrogens with one attached hydrogen (secondary N) is 6. The molecule has 6 rings (SSSR count). The summed E-state index contributed by atoms with van der Waals surface area (Å²) < 4.78 is 69.5. The Morgan fingerprint density at radius 2 is 1.34 bits per heavy atom. The number of amides is 5. The molecule has 6 atom stereocenters. The molecule has 2 aliphatic heterocycles. The minimum absolute atomic E-state index is 0.0108. The molecule has 2 aliphatic rings. The van der Waals surface area contributed by atoms with Crippen molar-refractivity contribution in [1.82, 2.24) is 46.1 Å². The number of carboxylic acids is 1. The van der Waals surface area contributed by atoms with Gasteiger partial charge < -0.3 is 76.6 Å². The summed E-state index contributed by atoms with van der Waals surface area (Å²) in [6, 6.07) is 8.70. The molecule has 2 aromatic heterocycles. The molecule has 11 N–H and O–H groups in total. The van der Waals surface area contributed by atoms with E-state index >= 15 is 0 Å². The number of alkyl halides is 3. The Balaban J connectivity index is 0.902. The molecule has 0 bridgehead atoms. The number of imidazole rings is 1. The van der Waals surface area contributed by atoms with Crippen molar-refractivity contribution in [3.8, 4) is 12.3 Å². The van der Waals surface area contributed by atoms with Crippen molar-refractivity contribution in [1.29, 1.82) is 0 Å². The molecular formula is C56H74F3N15O14S. The number of halogens is 3. The van der Waals surface area contributed by atoms with Crippen LogP contribution in [0.3, 0.4) is 0 Å². The fourth-order valence-electron chi connectivity index (χ4n) is 8.42. The Bertz CT molecular complexity index is 3020. The van der Waals surface area contributed by atoms with Gasteiger partial charge in [0, 0.05) is 75.3 Å². The number of fused-ring (bicyclic) bond motifs is 1. The number of nitrogens with zero attached hydrogens (tertiary/aromatic N) is 8. The first-order valence-corrected chi connectivity index (χ1v) is 29.8. The number of aliphatic hydroxyl groups excluding tert-OH is 2. The lowest BCUT2D eigenvalue weighted by molar-refractivity contribution is -0.166. The molecular weight excluding hydrogens is 1200 g/mol. The molecule has 0 saturated carbocycles. The molecule has 89 heavy (non-hydrogen) atoms. The lowest BCUT2D eigenvalue weighted by Gasteiger charge is -2.19. The molecule has 0 aliphatic carbocycles. The third kappa shape index (κ3) is 22.9. The summed E-state index contributed by atoms with van der Waals surface area (Å²) in [5.74, 6) is 0.280. The van der Waals surface area contributed by atoms with Crippen molar-refractivity contribution >= 4 is 75.6 Å². The Kier molecular flexibility index (Phi) is 28.9. The highest BCUT2D eigenvalue weighted by atomic mass is 32.2. The van der Waals surface area contributed by atoms with Crippen LogP contribution in [0.4, 0.5) is 30.4 Å². The number of nitrogens with two attached hydrogens (primary N) is 1. The van der Waals surface area contributed by atoms with Crippen LogP contribution in [0.5, 0.6) is 0 Å². The minimum atomic E-state index is -4.68. The predicted molar refractivity (Wildman–Crippen MR) is 315 cm³/mol. The molecule has 4 aromatic rings. The van der Waals surface area contributed by atoms with E-state index in [1.807, 2.05) is 0 Å². The number of unbranched alkanes of at least 4 members (excludes halogenated alkanes) is 1. The number of carbonyl (C=O) groups is 6. The zero-order chi connectivity index (χ0) is 64.0. The average molecular weight is 1270 g/mol. The third-order valence-corrected chi connectivity index (χ3v) is 14.5. The van der Waals surface area contributed by atoms with Gasteiger partial charge in [-0.15, -0.1) is 22.6 Å². The quantitative estimate of drug-likeness (QED) is 0.0173. The van der Waals surface area contributed by atoms with E-state index in [1.165, 1.54) is 77.5 Å². The highest BCUT2D eigenvalue weighted by Gasteiger charge is 2.65. The number of azo groups is 1. The summed E-state index contributed by atoms with van der Waals surface area (Å²) in [4.78, 5) is 88.3. The van der Waals surface area contributed by atoms with Crippen LogP contribution < -0.4 is 37.6 Å². The van der Waals surface area contributed by atoms with E-state index < -0.39 is 66.2 Å². The van der Waals surface area contributed by atoms with Crippen molar-refractivity contribution in [2.75, 3.05) is 102 Å². The van der Waals surface area contributed by atoms with Crippen LogP contribution in [0, 0.1) is 12.3 Å². The van der Waals surface area contributed by atoms with Crippen molar-refractivity contribution in [3.63, 3.8) is 0 Å². The van der Waals surface area contributed by atoms with Crippen LogP contribution in [0.15, 0.2) is 81.6 Å². The number of carbonyl (C=O) groups excluding carboxylic acids is 5. The molecule has 5 amide bonds. The third-order valence-electron chi connectivity index (χ3n) is 13.4. The van der Waals surface area contributed by atoms with Gasteiger partial charge >= 0.3 is 17.8 Å². The van der Waals surface area contributed by atoms with E-state index in [0.717, 1.165) is 0 Å². The van der Waals surface area contributed by atoms with Gasteiger partial charge in [0.2, 0.25) is 23.6 Å². The summed E-state index contributed by atoms with van der Waals surface area (Å²) in [5, 5.41) is 62.0. The largest absolute Gasteiger partial charge is 0.480 e. The number of aliphatic hydroxyl groups is 2. The minimum Gasteiger partial charge on any atom is -0.480 e. The maximum absolute atomic E-state index is 13.6. The van der Waals surface area contributed by atoms with Gasteiger partial charge in [0.05, 0.1) is 76.7 Å². The smallest absolute Gasteiger partial charge is 0.442 e. The maximum Gasteiger partial charge on any atom is 0.442 e. The van der Waals surface area contributed by atoms with Crippen molar-refractivity contribution in [2.45, 2.75) is 99.8 Å². The summed E-state index contributed by atoms with van der Waals surface area (Å²) in [7, 11) is 0. The van der Waals surface area contributed by atoms with Crippen molar-refractivity contribution in [2.24, 2.45) is 26.2 Å². The van der Waals surface area contributed by atoms with Gasteiger partial charge in [0.1, 0.15) is 30.6 Å². The SMILES string of the molecule is C#CCCC(=O)NCCOCCOCCOCCOCCC(=O)NCCNC(=O)[C@@H](CCC(=O)NCCCCNc1ncnc2c1ncn2C1OC(CSCCC(N)C(=O)O)C(O)C1O)NC(=O)c1ccc(N=Nc2ccc(C3(C(F)(F)F)N=N3)cc2)cc1. The van der Waals surface area contributed by atoms with Gasteiger partial charge in [-0.3, -0.25) is 33.3 Å². The van der Waals surface area contributed by atoms with Gasteiger partial charge in [-0.05, 0) is 67.8 Å². The first kappa shape index (κ1) is 70.3. The number of hydrogen-bond donors (Lipinski definition) is 10. The standard InChI is InChI=1S/C56H74F3N15O14S/c1-2-3-6-43(75)63-23-25-85-27-29-87-31-30-86-28-26-84-24-17-45(77)62-21-22-65-52(81)41(69-51(80)36-7-11-38(12-8-36)70-71-39-13-9-37(10-14-39)55(72-73-55)56(57,58)59)15-16-44(76)61-19-4-5-20-64-49-46-50(67-34-66-49)74(35-68-46)53-48(79)47(78)42(88-53)33-89-32-18-40(60)54(82)83/h1,7-14,34-35,40-42,47-48,53,78-79H,3-6,15-33,60H2,(H,61,76)(H,62,77)(H,63,75)(H,65,81)(H,69,80)(H,82,83)(H,64,66,67)/t40?,41-,42?,47?,48?,53?/m1/s1. The van der Waals surface area contributed by atoms with Gasteiger partial charge in [-0.2, -0.15) is 35.2 Å². The topological polar surface area (TPSA) is 401 Å². The van der Waals surface area contributed by atoms with Crippen molar-refractivity contribution in [3.05, 3.63) is 72.3 Å². The highest BCUT2D eigenvalue weighted by molar-refractivity contribution is 7.99. The number of thioether (sulfide) groups is 1. The molecule has 1 saturated heterocycles. The van der Waals surface area contributed by atoms with Crippen molar-refractivity contribution < 1.29 is 80.9 Å².